The molecule has 1 atom stereocenters. The largest absolute Gasteiger partial charge is 0.481 e. The highest BCUT2D eigenvalue weighted by molar-refractivity contribution is 5.67. The van der Waals surface area contributed by atoms with Gasteiger partial charge in [0.1, 0.15) is 0 Å². The number of benzene rings is 1. The predicted molar refractivity (Wildman–Crippen MR) is 62.4 cm³/mol. The maximum Gasteiger partial charge on any atom is 0.304 e. The van der Waals surface area contributed by atoms with Crippen LogP contribution in [-0.2, 0) is 24.1 Å². The molecule has 1 aromatic carbocycles. The number of hydrogen-bond donors (Lipinski definition) is 2. The van der Waals surface area contributed by atoms with Crippen LogP contribution in [0.4, 0.5) is 0 Å². The van der Waals surface area contributed by atoms with Crippen LogP contribution in [0.1, 0.15) is 29.5 Å². The van der Waals surface area contributed by atoms with Crippen LogP contribution in [0.5, 0.6) is 0 Å². The monoisotopic (exact) mass is 219 g/mol. The van der Waals surface area contributed by atoms with Crippen molar-refractivity contribution < 1.29 is 9.90 Å². The quantitative estimate of drug-likeness (QED) is 0.807. The van der Waals surface area contributed by atoms with Gasteiger partial charge in [0.15, 0.2) is 0 Å². The first-order valence-electron chi connectivity index (χ1n) is 5.73. The zero-order valence-corrected chi connectivity index (χ0v) is 9.28. The first-order chi connectivity index (χ1) is 7.65. The van der Waals surface area contributed by atoms with Gasteiger partial charge in [-0.1, -0.05) is 18.2 Å². The Morgan fingerprint density at radius 3 is 2.88 bits per heavy atom. The Kier molecular flexibility index (Phi) is 3.25. The summed E-state index contributed by atoms with van der Waals surface area (Å²) < 4.78 is 0. The zero-order chi connectivity index (χ0) is 11.5. The molecule has 16 heavy (non-hydrogen) atoms. The lowest BCUT2D eigenvalue weighted by Crippen LogP contribution is -2.26. The van der Waals surface area contributed by atoms with Gasteiger partial charge in [-0.2, -0.15) is 0 Å². The molecule has 86 valence electrons. The van der Waals surface area contributed by atoms with E-state index >= 15 is 0 Å². The summed E-state index contributed by atoms with van der Waals surface area (Å²) in [6.07, 6.45) is 4.25. The molecule has 0 saturated heterocycles. The third kappa shape index (κ3) is 2.61. The van der Waals surface area contributed by atoms with E-state index in [4.69, 9.17) is 10.8 Å². The van der Waals surface area contributed by atoms with Gasteiger partial charge in [0, 0.05) is 6.04 Å². The molecule has 0 saturated carbocycles. The molecule has 0 fully saturated rings. The standard InChI is InChI=1S/C13H17NO2/c14-12(8-13(15)16)7-9-4-5-10-2-1-3-11(10)6-9/h4-6,12H,1-3,7-8,14H2,(H,15,16). The fraction of sp³-hybridized carbons (Fsp3) is 0.462. The molecule has 1 aromatic rings. The molecule has 0 heterocycles. The summed E-state index contributed by atoms with van der Waals surface area (Å²) in [5.74, 6) is -0.825. The lowest BCUT2D eigenvalue weighted by molar-refractivity contribution is -0.137. The molecular formula is C13H17NO2. The topological polar surface area (TPSA) is 63.3 Å². The maximum absolute atomic E-state index is 10.5. The summed E-state index contributed by atoms with van der Waals surface area (Å²) in [6, 6.07) is 6.14. The molecule has 0 amide bonds. The van der Waals surface area contributed by atoms with Crippen molar-refractivity contribution >= 4 is 5.97 Å². The van der Waals surface area contributed by atoms with E-state index in [2.05, 4.69) is 18.2 Å². The van der Waals surface area contributed by atoms with E-state index in [9.17, 15) is 4.79 Å². The maximum atomic E-state index is 10.5. The molecule has 0 radical (unpaired) electrons. The lowest BCUT2D eigenvalue weighted by Gasteiger charge is -2.10. The molecule has 2 rings (SSSR count). The number of hydrogen-bond acceptors (Lipinski definition) is 2. The molecule has 3 heteroatoms. The molecule has 1 aliphatic carbocycles. The number of carbonyl (C=O) groups is 1. The van der Waals surface area contributed by atoms with Gasteiger partial charge in [0.2, 0.25) is 0 Å². The zero-order valence-electron chi connectivity index (χ0n) is 9.28. The molecule has 0 aliphatic heterocycles. The van der Waals surface area contributed by atoms with Crippen molar-refractivity contribution in [1.82, 2.24) is 0 Å². The van der Waals surface area contributed by atoms with Gasteiger partial charge >= 0.3 is 5.97 Å². The first-order valence-corrected chi connectivity index (χ1v) is 5.73. The van der Waals surface area contributed by atoms with Crippen molar-refractivity contribution in [2.24, 2.45) is 5.73 Å². The van der Waals surface area contributed by atoms with E-state index in [0.717, 1.165) is 12.0 Å². The third-order valence-corrected chi connectivity index (χ3v) is 3.10. The second-order valence-corrected chi connectivity index (χ2v) is 4.52. The fourth-order valence-electron chi connectivity index (χ4n) is 2.35. The third-order valence-electron chi connectivity index (χ3n) is 3.10. The second-order valence-electron chi connectivity index (χ2n) is 4.52. The van der Waals surface area contributed by atoms with Crippen molar-refractivity contribution in [3.8, 4) is 0 Å². The Morgan fingerprint density at radius 2 is 2.12 bits per heavy atom. The minimum absolute atomic E-state index is 0.0388. The van der Waals surface area contributed by atoms with E-state index < -0.39 is 5.97 Å². The van der Waals surface area contributed by atoms with Crippen molar-refractivity contribution in [2.45, 2.75) is 38.1 Å². The molecule has 1 unspecified atom stereocenters. The van der Waals surface area contributed by atoms with Crippen LogP contribution in [0.25, 0.3) is 0 Å². The van der Waals surface area contributed by atoms with Gasteiger partial charge in [-0.15, -0.1) is 0 Å². The Bertz CT molecular complexity index is 401. The van der Waals surface area contributed by atoms with Gasteiger partial charge < -0.3 is 10.8 Å². The van der Waals surface area contributed by atoms with Crippen molar-refractivity contribution in [3.63, 3.8) is 0 Å². The molecule has 0 spiro atoms. The van der Waals surface area contributed by atoms with Crippen LogP contribution in [0.15, 0.2) is 18.2 Å². The number of nitrogens with two attached hydrogens (primary N) is 1. The van der Waals surface area contributed by atoms with E-state index in [-0.39, 0.29) is 12.5 Å². The summed E-state index contributed by atoms with van der Waals surface area (Å²) in [5, 5.41) is 8.64. The molecule has 3 nitrogen and oxygen atoms in total. The average molecular weight is 219 g/mol. The second kappa shape index (κ2) is 4.66. The fourth-order valence-corrected chi connectivity index (χ4v) is 2.35. The highest BCUT2D eigenvalue weighted by atomic mass is 16.4. The van der Waals surface area contributed by atoms with Gasteiger partial charge in [0.25, 0.3) is 0 Å². The van der Waals surface area contributed by atoms with Crippen LogP contribution < -0.4 is 5.73 Å². The van der Waals surface area contributed by atoms with Crippen molar-refractivity contribution in [3.05, 3.63) is 34.9 Å². The minimum atomic E-state index is -0.825. The normalized spacial score (nSPS) is 15.8. The van der Waals surface area contributed by atoms with Crippen LogP contribution in [-0.4, -0.2) is 17.1 Å². The van der Waals surface area contributed by atoms with E-state index in [1.54, 1.807) is 0 Å². The number of aryl methyl sites for hydroxylation is 2. The van der Waals surface area contributed by atoms with E-state index in [0.29, 0.717) is 6.42 Å². The van der Waals surface area contributed by atoms with Crippen molar-refractivity contribution in [1.29, 1.82) is 0 Å². The van der Waals surface area contributed by atoms with Gasteiger partial charge in [-0.25, -0.2) is 0 Å². The lowest BCUT2D eigenvalue weighted by atomic mass is 10.00. The summed E-state index contributed by atoms with van der Waals surface area (Å²) in [5.41, 5.74) is 9.79. The minimum Gasteiger partial charge on any atom is -0.481 e. The molecule has 0 aromatic heterocycles. The van der Waals surface area contributed by atoms with Gasteiger partial charge in [-0.3, -0.25) is 4.79 Å². The highest BCUT2D eigenvalue weighted by Gasteiger charge is 2.13. The van der Waals surface area contributed by atoms with Crippen molar-refractivity contribution in [2.75, 3.05) is 0 Å². The summed E-state index contributed by atoms with van der Waals surface area (Å²) in [4.78, 5) is 10.5. The molecular weight excluding hydrogens is 202 g/mol. The summed E-state index contributed by atoms with van der Waals surface area (Å²) in [7, 11) is 0. The molecule has 1 aliphatic rings. The average Bonchev–Trinajstić information content (AvgIpc) is 2.63. The number of carboxylic acids is 1. The van der Waals surface area contributed by atoms with Gasteiger partial charge in [-0.05, 0) is 42.4 Å². The van der Waals surface area contributed by atoms with Crippen LogP contribution >= 0.6 is 0 Å². The number of rotatable bonds is 4. The van der Waals surface area contributed by atoms with Gasteiger partial charge in [0.05, 0.1) is 6.42 Å². The highest BCUT2D eigenvalue weighted by Crippen LogP contribution is 2.23. The van der Waals surface area contributed by atoms with Crippen LogP contribution in [0.3, 0.4) is 0 Å². The number of fused-ring (bicyclic) bond motifs is 1. The summed E-state index contributed by atoms with van der Waals surface area (Å²) in [6.45, 7) is 0. The smallest absolute Gasteiger partial charge is 0.304 e. The number of carboxylic acid groups (broad SMARTS) is 1. The predicted octanol–water partition coefficient (Wildman–Crippen LogP) is 1.52. The SMILES string of the molecule is NC(CC(=O)O)Cc1ccc2c(c1)CCC2. The van der Waals surface area contributed by atoms with Crippen LogP contribution in [0, 0.1) is 0 Å². The van der Waals surface area contributed by atoms with E-state index in [1.165, 1.54) is 24.0 Å². The first kappa shape index (κ1) is 11.1. The van der Waals surface area contributed by atoms with E-state index in [1.807, 2.05) is 0 Å². The Hall–Kier alpha value is -1.35. The summed E-state index contributed by atoms with van der Waals surface area (Å²) >= 11 is 0. The molecule has 0 bridgehead atoms. The Morgan fingerprint density at radius 1 is 1.38 bits per heavy atom. The Labute approximate surface area is 95.3 Å². The van der Waals surface area contributed by atoms with Crippen LogP contribution in [0.2, 0.25) is 0 Å². The molecule has 3 N–H and O–H groups in total. The Balaban J connectivity index is 2.02. The number of aliphatic carboxylic acids is 1.